The van der Waals surface area contributed by atoms with E-state index in [0.717, 1.165) is 24.3 Å². The number of anilines is 3. The number of amides is 2. The Hall–Kier alpha value is -3.97. The first kappa shape index (κ1) is 24.2. The predicted octanol–water partition coefficient (Wildman–Crippen LogP) is 5.29. The summed E-state index contributed by atoms with van der Waals surface area (Å²) in [6.07, 6.45) is 1.62. The minimum Gasteiger partial charge on any atom is -0.495 e. The van der Waals surface area contributed by atoms with Crippen LogP contribution in [0.4, 0.5) is 17.1 Å². The van der Waals surface area contributed by atoms with Crippen molar-refractivity contribution < 1.29 is 14.3 Å². The van der Waals surface area contributed by atoms with Gasteiger partial charge in [0.05, 0.1) is 18.5 Å². The average molecular weight is 486 g/mol. The summed E-state index contributed by atoms with van der Waals surface area (Å²) < 4.78 is 5.49. The molecule has 178 valence electrons. The first-order chi connectivity index (χ1) is 17.0. The monoisotopic (exact) mass is 485 g/mol. The molecule has 3 aromatic rings. The summed E-state index contributed by atoms with van der Waals surface area (Å²) in [6, 6.07) is 24.0. The van der Waals surface area contributed by atoms with Gasteiger partial charge in [0.15, 0.2) is 5.11 Å². The number of carbonyl (C=O) groups is 2. The Kier molecular flexibility index (Phi) is 7.27. The highest BCUT2D eigenvalue weighted by Gasteiger charge is 2.42. The first-order valence-electron chi connectivity index (χ1n) is 11.5. The van der Waals surface area contributed by atoms with Crippen LogP contribution in [0.3, 0.4) is 0 Å². The number of ether oxygens (including phenoxy) is 1. The summed E-state index contributed by atoms with van der Waals surface area (Å²) in [5.41, 5.74) is 2.91. The van der Waals surface area contributed by atoms with Gasteiger partial charge in [-0.2, -0.15) is 0 Å². The van der Waals surface area contributed by atoms with Crippen molar-refractivity contribution in [1.29, 1.82) is 0 Å². The molecule has 1 fully saturated rings. The van der Waals surface area contributed by atoms with Crippen LogP contribution in [0.2, 0.25) is 0 Å². The molecule has 0 unspecified atom stereocenters. The van der Waals surface area contributed by atoms with Crippen LogP contribution < -0.4 is 19.4 Å². The standard InChI is InChI=1S/C28H27N3O3S/c1-4-29(5-2)21-17-15-20(16-18-21)19-23-26(32)30(22-11-7-6-8-12-22)28(35)31(27(23)33)24-13-9-10-14-25(24)34-3/h6-19H,4-5H2,1-3H3. The zero-order chi connectivity index (χ0) is 24.9. The number of hydrogen-bond acceptors (Lipinski definition) is 5. The van der Waals surface area contributed by atoms with Gasteiger partial charge < -0.3 is 9.64 Å². The van der Waals surface area contributed by atoms with Crippen LogP contribution in [-0.4, -0.2) is 37.1 Å². The zero-order valence-electron chi connectivity index (χ0n) is 20.0. The predicted molar refractivity (Wildman–Crippen MR) is 145 cm³/mol. The van der Waals surface area contributed by atoms with E-state index in [1.807, 2.05) is 48.5 Å². The molecule has 4 rings (SSSR count). The van der Waals surface area contributed by atoms with Crippen LogP contribution in [0.1, 0.15) is 19.4 Å². The summed E-state index contributed by atoms with van der Waals surface area (Å²) in [5.74, 6) is -0.483. The minimum absolute atomic E-state index is 0.0175. The lowest BCUT2D eigenvalue weighted by molar-refractivity contribution is -0.120. The molecule has 1 aliphatic heterocycles. The van der Waals surface area contributed by atoms with Gasteiger partial charge in [-0.3, -0.25) is 14.5 Å². The van der Waals surface area contributed by atoms with E-state index in [1.165, 1.54) is 16.9 Å². The van der Waals surface area contributed by atoms with Crippen molar-refractivity contribution in [3.8, 4) is 5.75 Å². The highest BCUT2D eigenvalue weighted by Crippen LogP contribution is 2.34. The van der Waals surface area contributed by atoms with Crippen LogP contribution in [0, 0.1) is 0 Å². The lowest BCUT2D eigenvalue weighted by Gasteiger charge is -2.37. The van der Waals surface area contributed by atoms with Crippen LogP contribution in [0.15, 0.2) is 84.4 Å². The number of rotatable bonds is 7. The number of nitrogens with zero attached hydrogens (tertiary/aromatic N) is 3. The van der Waals surface area contributed by atoms with Gasteiger partial charge in [0.1, 0.15) is 11.3 Å². The average Bonchev–Trinajstić information content (AvgIpc) is 2.89. The maximum atomic E-state index is 13.7. The van der Waals surface area contributed by atoms with Gasteiger partial charge in [-0.1, -0.05) is 42.5 Å². The third-order valence-electron chi connectivity index (χ3n) is 5.92. The number of hydrogen-bond donors (Lipinski definition) is 0. The van der Waals surface area contributed by atoms with E-state index in [-0.39, 0.29) is 10.7 Å². The molecule has 0 radical (unpaired) electrons. The van der Waals surface area contributed by atoms with Gasteiger partial charge in [-0.05, 0) is 74.1 Å². The number of benzene rings is 3. The van der Waals surface area contributed by atoms with Crippen LogP contribution in [0.5, 0.6) is 5.75 Å². The number of thiocarbonyl (C=S) groups is 1. The maximum absolute atomic E-state index is 13.7. The molecule has 35 heavy (non-hydrogen) atoms. The van der Waals surface area contributed by atoms with E-state index in [9.17, 15) is 9.59 Å². The van der Waals surface area contributed by atoms with Gasteiger partial charge in [0, 0.05) is 18.8 Å². The Morgan fingerprint density at radius 1 is 0.829 bits per heavy atom. The minimum atomic E-state index is -0.496. The molecule has 1 heterocycles. The van der Waals surface area contributed by atoms with Gasteiger partial charge >= 0.3 is 0 Å². The number of methoxy groups -OCH3 is 1. The Labute approximate surface area is 211 Å². The van der Waals surface area contributed by atoms with Gasteiger partial charge in [-0.25, -0.2) is 4.90 Å². The normalized spacial score (nSPS) is 15.1. The smallest absolute Gasteiger partial charge is 0.270 e. The Morgan fingerprint density at radius 2 is 1.43 bits per heavy atom. The second kappa shape index (κ2) is 10.5. The molecule has 3 aromatic carbocycles. The van der Waals surface area contributed by atoms with E-state index in [2.05, 4.69) is 18.7 Å². The van der Waals surface area contributed by atoms with E-state index >= 15 is 0 Å². The van der Waals surface area contributed by atoms with Crippen LogP contribution in [0.25, 0.3) is 6.08 Å². The highest BCUT2D eigenvalue weighted by molar-refractivity contribution is 7.81. The second-order valence-electron chi connectivity index (χ2n) is 7.89. The molecule has 7 heteroatoms. The number of carbonyl (C=O) groups excluding carboxylic acids is 2. The van der Waals surface area contributed by atoms with E-state index in [1.54, 1.807) is 36.4 Å². The van der Waals surface area contributed by atoms with Gasteiger partial charge in [-0.15, -0.1) is 0 Å². The zero-order valence-corrected chi connectivity index (χ0v) is 20.8. The largest absolute Gasteiger partial charge is 0.495 e. The fourth-order valence-corrected chi connectivity index (χ4v) is 4.47. The Bertz CT molecular complexity index is 1270. The summed E-state index contributed by atoms with van der Waals surface area (Å²) in [5, 5.41) is 0.0738. The van der Waals surface area contributed by atoms with Crippen molar-refractivity contribution in [2.24, 2.45) is 0 Å². The van der Waals surface area contributed by atoms with Crippen molar-refractivity contribution in [3.63, 3.8) is 0 Å². The van der Waals surface area contributed by atoms with E-state index < -0.39 is 11.8 Å². The first-order valence-corrected chi connectivity index (χ1v) is 11.9. The third kappa shape index (κ3) is 4.68. The summed E-state index contributed by atoms with van der Waals surface area (Å²) >= 11 is 5.69. The third-order valence-corrected chi connectivity index (χ3v) is 6.29. The van der Waals surface area contributed by atoms with Crippen molar-refractivity contribution in [2.75, 3.05) is 34.9 Å². The molecule has 0 aromatic heterocycles. The van der Waals surface area contributed by atoms with Crippen molar-refractivity contribution >= 4 is 52.3 Å². The van der Waals surface area contributed by atoms with E-state index in [0.29, 0.717) is 17.1 Å². The molecule has 0 atom stereocenters. The molecule has 0 spiro atoms. The van der Waals surface area contributed by atoms with Crippen molar-refractivity contribution in [1.82, 2.24) is 0 Å². The molecule has 1 saturated heterocycles. The molecule has 1 aliphatic rings. The molecule has 0 bridgehead atoms. The topological polar surface area (TPSA) is 53.1 Å². The summed E-state index contributed by atoms with van der Waals surface area (Å²) in [7, 11) is 1.53. The number of para-hydroxylation sites is 3. The SMILES string of the molecule is CCN(CC)c1ccc(C=C2C(=O)N(c3ccccc3)C(=S)N(c3ccccc3OC)C2=O)cc1. The quantitative estimate of drug-likeness (QED) is 0.259. The van der Waals surface area contributed by atoms with Gasteiger partial charge in [0.2, 0.25) is 0 Å². The Balaban J connectivity index is 1.82. The van der Waals surface area contributed by atoms with E-state index in [4.69, 9.17) is 17.0 Å². The highest BCUT2D eigenvalue weighted by atomic mass is 32.1. The van der Waals surface area contributed by atoms with Crippen LogP contribution >= 0.6 is 12.2 Å². The molecule has 6 nitrogen and oxygen atoms in total. The molecule has 2 amide bonds. The molecule has 0 N–H and O–H groups in total. The molecule has 0 saturated carbocycles. The molecular formula is C28H27N3O3S. The fourth-order valence-electron chi connectivity index (χ4n) is 4.10. The summed E-state index contributed by atoms with van der Waals surface area (Å²) in [4.78, 5) is 32.3. The summed E-state index contributed by atoms with van der Waals surface area (Å²) in [6.45, 7) is 6.00. The van der Waals surface area contributed by atoms with Crippen molar-refractivity contribution in [3.05, 3.63) is 90.0 Å². The van der Waals surface area contributed by atoms with Crippen LogP contribution in [-0.2, 0) is 9.59 Å². The maximum Gasteiger partial charge on any atom is 0.270 e. The van der Waals surface area contributed by atoms with Crippen molar-refractivity contribution in [2.45, 2.75) is 13.8 Å². The lowest BCUT2D eigenvalue weighted by Crippen LogP contribution is -2.57. The van der Waals surface area contributed by atoms with Gasteiger partial charge in [0.25, 0.3) is 11.8 Å². The Morgan fingerprint density at radius 3 is 2.06 bits per heavy atom. The fraction of sp³-hybridized carbons (Fsp3) is 0.179. The molecular weight excluding hydrogens is 458 g/mol. The lowest BCUT2D eigenvalue weighted by atomic mass is 10.0. The molecule has 0 aliphatic carbocycles. The second-order valence-corrected chi connectivity index (χ2v) is 8.26.